The molecule has 0 saturated carbocycles. The smallest absolute Gasteiger partial charge is 0.332 e. The average molecular weight is 333 g/mol. The molecule has 130 valence electrons. The first-order chi connectivity index (χ1) is 11.4. The van der Waals surface area contributed by atoms with Crippen LogP contribution in [0.5, 0.6) is 0 Å². The number of aryl methyl sites for hydroxylation is 3. The van der Waals surface area contributed by atoms with Gasteiger partial charge in [0.2, 0.25) is 5.78 Å². The van der Waals surface area contributed by atoms with Gasteiger partial charge in [-0.15, -0.1) is 0 Å². The maximum absolute atomic E-state index is 12.9. The lowest BCUT2D eigenvalue weighted by molar-refractivity contribution is 0.184. The number of ether oxygens (including phenoxy) is 1. The van der Waals surface area contributed by atoms with Gasteiger partial charge in [0, 0.05) is 32.1 Å². The van der Waals surface area contributed by atoms with E-state index >= 15 is 0 Å². The Morgan fingerprint density at radius 2 is 1.79 bits per heavy atom. The van der Waals surface area contributed by atoms with Crippen molar-refractivity contribution in [3.8, 4) is 0 Å². The molecule has 8 heteroatoms. The molecule has 0 spiro atoms. The van der Waals surface area contributed by atoms with Crippen molar-refractivity contribution < 1.29 is 4.74 Å². The van der Waals surface area contributed by atoms with Crippen molar-refractivity contribution in [2.24, 2.45) is 7.05 Å². The molecule has 0 aliphatic carbocycles. The third-order valence-electron chi connectivity index (χ3n) is 4.60. The average Bonchev–Trinajstić information content (AvgIpc) is 3.05. The minimum absolute atomic E-state index is 0.221. The molecule has 0 amide bonds. The lowest BCUT2D eigenvalue weighted by atomic mass is 10.3. The van der Waals surface area contributed by atoms with Gasteiger partial charge in [0.15, 0.2) is 11.2 Å². The van der Waals surface area contributed by atoms with Gasteiger partial charge in [0.1, 0.15) is 0 Å². The Labute approximate surface area is 138 Å². The van der Waals surface area contributed by atoms with Crippen LogP contribution in [0.25, 0.3) is 16.9 Å². The second-order valence-corrected chi connectivity index (χ2v) is 6.03. The van der Waals surface area contributed by atoms with Crippen LogP contribution in [0.3, 0.4) is 0 Å². The fourth-order valence-electron chi connectivity index (χ4n) is 3.19. The molecule has 0 aromatic carbocycles. The lowest BCUT2D eigenvalue weighted by Crippen LogP contribution is -2.40. The Morgan fingerprint density at radius 3 is 2.42 bits per heavy atom. The van der Waals surface area contributed by atoms with Gasteiger partial charge in [-0.2, -0.15) is 4.98 Å². The van der Waals surface area contributed by atoms with Crippen molar-refractivity contribution in [1.29, 1.82) is 0 Å². The van der Waals surface area contributed by atoms with E-state index in [1.807, 2.05) is 18.2 Å². The van der Waals surface area contributed by atoms with E-state index in [9.17, 15) is 9.59 Å². The summed E-state index contributed by atoms with van der Waals surface area (Å²) in [6, 6.07) is 0. The van der Waals surface area contributed by atoms with E-state index in [0.29, 0.717) is 23.5 Å². The van der Waals surface area contributed by atoms with E-state index in [1.165, 1.54) is 9.13 Å². The van der Waals surface area contributed by atoms with Gasteiger partial charge in [0.25, 0.3) is 5.56 Å². The number of hydrogen-bond acceptors (Lipinski definition) is 4. The van der Waals surface area contributed by atoms with Crippen LogP contribution in [-0.4, -0.2) is 36.8 Å². The first kappa shape index (κ1) is 16.5. The molecule has 0 aliphatic rings. The zero-order valence-corrected chi connectivity index (χ0v) is 14.8. The molecule has 0 bridgehead atoms. The van der Waals surface area contributed by atoms with Gasteiger partial charge < -0.3 is 9.30 Å². The molecule has 0 radical (unpaired) electrons. The Morgan fingerprint density at radius 1 is 1.08 bits per heavy atom. The van der Waals surface area contributed by atoms with Crippen molar-refractivity contribution in [1.82, 2.24) is 23.1 Å². The molecule has 3 heterocycles. The fraction of sp³-hybridized carbons (Fsp3) is 0.562. The molecule has 3 aromatic rings. The number of rotatable bonds is 5. The molecule has 0 atom stereocenters. The van der Waals surface area contributed by atoms with Gasteiger partial charge >= 0.3 is 5.69 Å². The van der Waals surface area contributed by atoms with Crippen LogP contribution < -0.4 is 11.2 Å². The Hall–Kier alpha value is -2.35. The lowest BCUT2D eigenvalue weighted by Gasteiger charge is -2.07. The third-order valence-corrected chi connectivity index (χ3v) is 4.60. The normalized spacial score (nSPS) is 11.9. The number of aromatic nitrogens is 5. The standard InChI is InChI=1S/C16H23N5O3/c1-6-7-19-10(2)11(3)21-12-13(17-15(19)21)18(4)16(23)20(14(12)22)8-9-24-5/h6-9H2,1-5H3. The van der Waals surface area contributed by atoms with Crippen LogP contribution in [0.1, 0.15) is 24.7 Å². The summed E-state index contributed by atoms with van der Waals surface area (Å²) in [6.45, 7) is 7.44. The zero-order chi connectivity index (χ0) is 17.6. The topological polar surface area (TPSA) is 75.5 Å². The summed E-state index contributed by atoms with van der Waals surface area (Å²) >= 11 is 0. The van der Waals surface area contributed by atoms with Gasteiger partial charge in [-0.3, -0.25) is 18.3 Å². The SMILES string of the molecule is CCCn1c(C)c(C)n2c3c(=O)n(CCOC)c(=O)n(C)c3nc12. The summed E-state index contributed by atoms with van der Waals surface area (Å²) in [5, 5.41) is 0. The summed E-state index contributed by atoms with van der Waals surface area (Å²) in [7, 11) is 3.19. The predicted octanol–water partition coefficient (Wildman–Crippen LogP) is 0.823. The molecule has 24 heavy (non-hydrogen) atoms. The van der Waals surface area contributed by atoms with Crippen molar-refractivity contribution in [2.45, 2.75) is 40.3 Å². The second-order valence-electron chi connectivity index (χ2n) is 6.03. The van der Waals surface area contributed by atoms with E-state index < -0.39 is 0 Å². The maximum atomic E-state index is 12.9. The number of methoxy groups -OCH3 is 1. The minimum atomic E-state index is -0.373. The van der Waals surface area contributed by atoms with E-state index in [2.05, 4.69) is 16.5 Å². The molecule has 0 aliphatic heterocycles. The summed E-state index contributed by atoms with van der Waals surface area (Å²) in [5.74, 6) is 0.707. The van der Waals surface area contributed by atoms with Crippen LogP contribution in [0.4, 0.5) is 0 Å². The second kappa shape index (κ2) is 5.94. The highest BCUT2D eigenvalue weighted by Gasteiger charge is 2.22. The summed E-state index contributed by atoms with van der Waals surface area (Å²) in [5.41, 5.74) is 2.21. The molecule has 0 saturated heterocycles. The van der Waals surface area contributed by atoms with Gasteiger partial charge in [-0.05, 0) is 20.3 Å². The van der Waals surface area contributed by atoms with Crippen LogP contribution in [-0.2, 0) is 24.9 Å². The third kappa shape index (κ3) is 2.13. The molecular formula is C16H23N5O3. The highest BCUT2D eigenvalue weighted by atomic mass is 16.5. The fourth-order valence-corrected chi connectivity index (χ4v) is 3.19. The van der Waals surface area contributed by atoms with E-state index in [4.69, 9.17) is 4.74 Å². The summed E-state index contributed by atoms with van der Waals surface area (Å²) in [6.07, 6.45) is 0.963. The van der Waals surface area contributed by atoms with E-state index in [0.717, 1.165) is 24.4 Å². The summed E-state index contributed by atoms with van der Waals surface area (Å²) < 4.78 is 11.6. The Bertz CT molecular complexity index is 1030. The van der Waals surface area contributed by atoms with Crippen LogP contribution in [0, 0.1) is 13.8 Å². The summed E-state index contributed by atoms with van der Waals surface area (Å²) in [4.78, 5) is 30.0. The van der Waals surface area contributed by atoms with Crippen LogP contribution in [0.2, 0.25) is 0 Å². The highest BCUT2D eigenvalue weighted by Crippen LogP contribution is 2.20. The van der Waals surface area contributed by atoms with Gasteiger partial charge in [-0.25, -0.2) is 4.79 Å². The number of imidazole rings is 2. The van der Waals surface area contributed by atoms with E-state index in [1.54, 1.807) is 14.2 Å². The van der Waals surface area contributed by atoms with Gasteiger partial charge in [0.05, 0.1) is 13.2 Å². The van der Waals surface area contributed by atoms with Crippen molar-refractivity contribution in [3.05, 3.63) is 32.2 Å². The monoisotopic (exact) mass is 333 g/mol. The zero-order valence-electron chi connectivity index (χ0n) is 14.8. The van der Waals surface area contributed by atoms with Gasteiger partial charge in [-0.1, -0.05) is 6.92 Å². The number of nitrogens with zero attached hydrogens (tertiary/aromatic N) is 5. The minimum Gasteiger partial charge on any atom is -0.383 e. The first-order valence-corrected chi connectivity index (χ1v) is 8.10. The van der Waals surface area contributed by atoms with Crippen molar-refractivity contribution >= 4 is 16.9 Å². The molecule has 8 nitrogen and oxygen atoms in total. The molecular weight excluding hydrogens is 310 g/mol. The molecule has 3 rings (SSSR count). The molecule has 0 fully saturated rings. The maximum Gasteiger partial charge on any atom is 0.332 e. The van der Waals surface area contributed by atoms with Crippen LogP contribution >= 0.6 is 0 Å². The van der Waals surface area contributed by atoms with Crippen molar-refractivity contribution in [2.75, 3.05) is 13.7 Å². The highest BCUT2D eigenvalue weighted by molar-refractivity contribution is 5.76. The largest absolute Gasteiger partial charge is 0.383 e. The van der Waals surface area contributed by atoms with Crippen molar-refractivity contribution in [3.63, 3.8) is 0 Å². The first-order valence-electron chi connectivity index (χ1n) is 8.10. The van der Waals surface area contributed by atoms with Crippen LogP contribution in [0.15, 0.2) is 9.59 Å². The van der Waals surface area contributed by atoms with E-state index in [-0.39, 0.29) is 17.8 Å². The number of hydrogen-bond donors (Lipinski definition) is 0. The quantitative estimate of drug-likeness (QED) is 0.693. The number of fused-ring (bicyclic) bond motifs is 3. The molecule has 3 aromatic heterocycles. The Kier molecular flexibility index (Phi) is 4.08. The Balaban J connectivity index is 2.47. The predicted molar refractivity (Wildman–Crippen MR) is 91.8 cm³/mol. The molecule has 0 unspecified atom stereocenters. The molecule has 0 N–H and O–H groups in total.